The van der Waals surface area contributed by atoms with E-state index >= 15 is 0 Å². The number of hydrogen-bond acceptors (Lipinski definition) is 2. The van der Waals surface area contributed by atoms with Crippen molar-refractivity contribution in [2.24, 2.45) is 5.73 Å². The molecule has 2 atom stereocenters. The Labute approximate surface area is 106 Å². The Morgan fingerprint density at radius 1 is 1.00 bits per heavy atom. The fraction of sp³-hybridized carbons (Fsp3) is 0.200. The van der Waals surface area contributed by atoms with Crippen molar-refractivity contribution < 1.29 is 9.50 Å². The number of rotatable bonds is 4. The number of halogens is 1. The molecule has 0 bridgehead atoms. The molecule has 2 aromatic rings. The van der Waals surface area contributed by atoms with Crippen molar-refractivity contribution in [3.8, 4) is 0 Å². The lowest BCUT2D eigenvalue weighted by molar-refractivity contribution is 0.145. The molecule has 2 nitrogen and oxygen atoms in total. The minimum Gasteiger partial charge on any atom is -0.391 e. The standard InChI is InChI=1S/C15H16FNO/c16-13-8-6-12(7-9-13)15(17)14(18)10-11-4-2-1-3-5-11/h1-9,14-15,18H,10,17H2/t14-,15+/m0/s1. The second-order valence-corrected chi connectivity index (χ2v) is 4.33. The summed E-state index contributed by atoms with van der Waals surface area (Å²) in [5.41, 5.74) is 7.73. The molecule has 0 aliphatic carbocycles. The summed E-state index contributed by atoms with van der Waals surface area (Å²) in [6, 6.07) is 15.1. The second-order valence-electron chi connectivity index (χ2n) is 4.33. The lowest BCUT2D eigenvalue weighted by Crippen LogP contribution is -2.28. The SMILES string of the molecule is N[C@H](c1ccc(F)cc1)[C@@H](O)Cc1ccccc1. The first-order valence-electron chi connectivity index (χ1n) is 5.90. The van der Waals surface area contributed by atoms with E-state index < -0.39 is 12.1 Å². The van der Waals surface area contributed by atoms with E-state index in [4.69, 9.17) is 5.73 Å². The minimum atomic E-state index is -0.683. The zero-order valence-corrected chi connectivity index (χ0v) is 9.96. The van der Waals surface area contributed by atoms with E-state index in [1.807, 2.05) is 30.3 Å². The summed E-state index contributed by atoms with van der Waals surface area (Å²) < 4.78 is 12.8. The number of aliphatic hydroxyl groups is 1. The maximum atomic E-state index is 12.8. The highest BCUT2D eigenvalue weighted by Crippen LogP contribution is 2.17. The molecule has 0 spiro atoms. The van der Waals surface area contributed by atoms with E-state index in [9.17, 15) is 9.50 Å². The molecule has 0 radical (unpaired) electrons. The molecule has 3 N–H and O–H groups in total. The molecule has 0 amide bonds. The van der Waals surface area contributed by atoms with Gasteiger partial charge >= 0.3 is 0 Å². The first kappa shape index (κ1) is 12.7. The van der Waals surface area contributed by atoms with Crippen LogP contribution in [0.15, 0.2) is 54.6 Å². The molecule has 18 heavy (non-hydrogen) atoms. The molecule has 0 aromatic heterocycles. The number of nitrogens with two attached hydrogens (primary N) is 1. The molecule has 0 saturated heterocycles. The molecule has 0 saturated carbocycles. The van der Waals surface area contributed by atoms with Crippen molar-refractivity contribution in [3.63, 3.8) is 0 Å². The normalized spacial score (nSPS) is 14.2. The Morgan fingerprint density at radius 2 is 1.61 bits per heavy atom. The van der Waals surface area contributed by atoms with Gasteiger partial charge in [-0.2, -0.15) is 0 Å². The topological polar surface area (TPSA) is 46.2 Å². The van der Waals surface area contributed by atoms with Gasteiger partial charge in [-0.25, -0.2) is 4.39 Å². The van der Waals surface area contributed by atoms with Crippen LogP contribution in [0.5, 0.6) is 0 Å². The Balaban J connectivity index is 2.05. The monoisotopic (exact) mass is 245 g/mol. The van der Waals surface area contributed by atoms with Crippen molar-refractivity contribution in [2.45, 2.75) is 18.6 Å². The van der Waals surface area contributed by atoms with Crippen LogP contribution in [0.4, 0.5) is 4.39 Å². The van der Waals surface area contributed by atoms with Crippen LogP contribution in [-0.2, 0) is 6.42 Å². The molecule has 3 heteroatoms. The Kier molecular flexibility index (Phi) is 4.07. The van der Waals surface area contributed by atoms with E-state index in [0.29, 0.717) is 6.42 Å². The van der Waals surface area contributed by atoms with Crippen LogP contribution >= 0.6 is 0 Å². The largest absolute Gasteiger partial charge is 0.391 e. The van der Waals surface area contributed by atoms with Crippen molar-refractivity contribution >= 4 is 0 Å². The minimum absolute atomic E-state index is 0.302. The van der Waals surface area contributed by atoms with Crippen LogP contribution in [0.25, 0.3) is 0 Å². The van der Waals surface area contributed by atoms with Gasteiger partial charge in [0.05, 0.1) is 12.1 Å². The average Bonchev–Trinajstić information content (AvgIpc) is 2.40. The van der Waals surface area contributed by atoms with Crippen LogP contribution < -0.4 is 5.73 Å². The fourth-order valence-corrected chi connectivity index (χ4v) is 1.89. The molecule has 94 valence electrons. The van der Waals surface area contributed by atoms with Gasteiger partial charge in [-0.05, 0) is 23.3 Å². The number of hydrogen-bond donors (Lipinski definition) is 2. The molecular formula is C15H16FNO. The third-order valence-electron chi connectivity index (χ3n) is 2.96. The summed E-state index contributed by atoms with van der Waals surface area (Å²) in [7, 11) is 0. The van der Waals surface area contributed by atoms with Crippen LogP contribution in [0.3, 0.4) is 0 Å². The van der Waals surface area contributed by atoms with Crippen molar-refractivity contribution in [1.82, 2.24) is 0 Å². The highest BCUT2D eigenvalue weighted by Gasteiger charge is 2.17. The Bertz CT molecular complexity index is 484. The third-order valence-corrected chi connectivity index (χ3v) is 2.96. The molecule has 0 aliphatic rings. The van der Waals surface area contributed by atoms with Gasteiger partial charge in [0, 0.05) is 6.42 Å². The Hall–Kier alpha value is -1.71. The first-order chi connectivity index (χ1) is 8.66. The zero-order valence-electron chi connectivity index (χ0n) is 9.96. The summed E-state index contributed by atoms with van der Waals surface area (Å²) in [5, 5.41) is 10.1. The van der Waals surface area contributed by atoms with Crippen molar-refractivity contribution in [1.29, 1.82) is 0 Å². The highest BCUT2D eigenvalue weighted by atomic mass is 19.1. The molecular weight excluding hydrogens is 229 g/mol. The lowest BCUT2D eigenvalue weighted by atomic mass is 9.97. The van der Waals surface area contributed by atoms with Gasteiger partial charge in [-0.1, -0.05) is 42.5 Å². The lowest BCUT2D eigenvalue weighted by Gasteiger charge is -2.19. The van der Waals surface area contributed by atoms with E-state index in [1.54, 1.807) is 12.1 Å². The molecule has 0 heterocycles. The van der Waals surface area contributed by atoms with Gasteiger partial charge in [0.2, 0.25) is 0 Å². The van der Waals surface area contributed by atoms with Gasteiger partial charge in [0.25, 0.3) is 0 Å². The fourth-order valence-electron chi connectivity index (χ4n) is 1.89. The van der Waals surface area contributed by atoms with Crippen LogP contribution in [0.2, 0.25) is 0 Å². The molecule has 0 unspecified atom stereocenters. The van der Waals surface area contributed by atoms with Gasteiger partial charge in [0.15, 0.2) is 0 Å². The van der Waals surface area contributed by atoms with Crippen molar-refractivity contribution in [3.05, 3.63) is 71.5 Å². The number of aliphatic hydroxyl groups excluding tert-OH is 1. The van der Waals surface area contributed by atoms with Gasteiger partial charge in [-0.3, -0.25) is 0 Å². The van der Waals surface area contributed by atoms with Crippen LogP contribution in [-0.4, -0.2) is 11.2 Å². The summed E-state index contributed by atoms with van der Waals surface area (Å²) in [5.74, 6) is -0.302. The Morgan fingerprint density at radius 3 is 2.22 bits per heavy atom. The third kappa shape index (κ3) is 3.15. The van der Waals surface area contributed by atoms with Crippen LogP contribution in [0, 0.1) is 5.82 Å². The summed E-state index contributed by atoms with van der Waals surface area (Å²) >= 11 is 0. The molecule has 2 aromatic carbocycles. The van der Waals surface area contributed by atoms with Crippen LogP contribution in [0.1, 0.15) is 17.2 Å². The summed E-state index contributed by atoms with van der Waals surface area (Å²) in [6.45, 7) is 0. The van der Waals surface area contributed by atoms with Gasteiger partial charge < -0.3 is 10.8 Å². The molecule has 2 rings (SSSR count). The maximum absolute atomic E-state index is 12.8. The molecule has 0 fully saturated rings. The molecule has 0 aliphatic heterocycles. The van der Waals surface area contributed by atoms with E-state index in [2.05, 4.69) is 0 Å². The predicted molar refractivity (Wildman–Crippen MR) is 69.5 cm³/mol. The first-order valence-corrected chi connectivity index (χ1v) is 5.90. The summed E-state index contributed by atoms with van der Waals surface area (Å²) in [4.78, 5) is 0. The second kappa shape index (κ2) is 5.76. The van der Waals surface area contributed by atoms with E-state index in [1.165, 1.54) is 12.1 Å². The summed E-state index contributed by atoms with van der Waals surface area (Å²) in [6.07, 6.45) is -0.197. The smallest absolute Gasteiger partial charge is 0.123 e. The predicted octanol–water partition coefficient (Wildman–Crippen LogP) is 2.43. The maximum Gasteiger partial charge on any atom is 0.123 e. The van der Waals surface area contributed by atoms with Crippen molar-refractivity contribution in [2.75, 3.05) is 0 Å². The van der Waals surface area contributed by atoms with E-state index in [0.717, 1.165) is 11.1 Å². The van der Waals surface area contributed by atoms with Gasteiger partial charge in [0.1, 0.15) is 5.82 Å². The number of benzene rings is 2. The van der Waals surface area contributed by atoms with Gasteiger partial charge in [-0.15, -0.1) is 0 Å². The highest BCUT2D eigenvalue weighted by molar-refractivity contribution is 5.22. The zero-order chi connectivity index (χ0) is 13.0. The van der Waals surface area contributed by atoms with E-state index in [-0.39, 0.29) is 5.82 Å². The quantitative estimate of drug-likeness (QED) is 0.869. The average molecular weight is 245 g/mol.